The van der Waals surface area contributed by atoms with Crippen molar-refractivity contribution >= 4 is 11.9 Å². The zero-order chi connectivity index (χ0) is 15.2. The molecule has 1 unspecified atom stereocenters. The predicted octanol–water partition coefficient (Wildman–Crippen LogP) is 1.31. The van der Waals surface area contributed by atoms with Crippen LogP contribution in [0.25, 0.3) is 0 Å². The minimum atomic E-state index is 0.0299. The Morgan fingerprint density at radius 1 is 1.18 bits per heavy atom. The first kappa shape index (κ1) is 13.3. The predicted molar refractivity (Wildman–Crippen MR) is 82.7 cm³/mol. The van der Waals surface area contributed by atoms with Crippen LogP contribution in [0.4, 0.5) is 5.95 Å². The van der Waals surface area contributed by atoms with Gasteiger partial charge in [0.1, 0.15) is 5.69 Å². The molecule has 1 atom stereocenters. The van der Waals surface area contributed by atoms with Gasteiger partial charge in [0, 0.05) is 45.3 Å². The number of hydrogen-bond acceptors (Lipinski definition) is 4. The first-order chi connectivity index (χ1) is 10.7. The first-order valence-electron chi connectivity index (χ1n) is 7.65. The second-order valence-corrected chi connectivity index (χ2v) is 6.16. The van der Waals surface area contributed by atoms with E-state index in [-0.39, 0.29) is 11.4 Å². The molecule has 0 N–H and O–H groups in total. The Bertz CT molecular complexity index is 698. The van der Waals surface area contributed by atoms with Crippen LogP contribution in [0.1, 0.15) is 23.3 Å². The fraction of sp³-hybridized carbons (Fsp3) is 0.438. The molecule has 2 aliphatic rings. The van der Waals surface area contributed by atoms with E-state index < -0.39 is 0 Å². The fourth-order valence-electron chi connectivity index (χ4n) is 3.58. The van der Waals surface area contributed by atoms with Crippen molar-refractivity contribution in [2.75, 3.05) is 24.5 Å². The monoisotopic (exact) mass is 297 g/mol. The Labute approximate surface area is 129 Å². The highest BCUT2D eigenvalue weighted by atomic mass is 16.2. The Balaban J connectivity index is 1.53. The summed E-state index contributed by atoms with van der Waals surface area (Å²) >= 11 is 0. The van der Waals surface area contributed by atoms with Gasteiger partial charge in [-0.15, -0.1) is 0 Å². The molecule has 0 saturated carbocycles. The first-order valence-corrected chi connectivity index (χ1v) is 7.65. The standard InChI is InChI=1S/C16H19N5O/c1-19-9-2-4-13(19)14(22)20-10-5-16(12-20)6-11-21(16)15-17-7-3-8-18-15/h2-4,7-9H,5-6,10-12H2,1H3. The van der Waals surface area contributed by atoms with Gasteiger partial charge < -0.3 is 14.4 Å². The van der Waals surface area contributed by atoms with Gasteiger partial charge in [-0.1, -0.05) is 0 Å². The molecule has 2 aromatic rings. The van der Waals surface area contributed by atoms with Crippen LogP contribution < -0.4 is 4.90 Å². The molecule has 6 nitrogen and oxygen atoms in total. The maximum absolute atomic E-state index is 12.7. The lowest BCUT2D eigenvalue weighted by Gasteiger charge is -2.50. The third-order valence-corrected chi connectivity index (χ3v) is 4.95. The third-order valence-electron chi connectivity index (χ3n) is 4.95. The summed E-state index contributed by atoms with van der Waals surface area (Å²) in [4.78, 5) is 25.6. The second-order valence-electron chi connectivity index (χ2n) is 6.16. The van der Waals surface area contributed by atoms with E-state index in [1.165, 1.54) is 0 Å². The summed E-state index contributed by atoms with van der Waals surface area (Å²) in [7, 11) is 1.91. The fourth-order valence-corrected chi connectivity index (χ4v) is 3.58. The van der Waals surface area contributed by atoms with E-state index in [0.717, 1.165) is 44.1 Å². The van der Waals surface area contributed by atoms with E-state index in [1.54, 1.807) is 12.4 Å². The molecule has 4 heterocycles. The van der Waals surface area contributed by atoms with Crippen LogP contribution in [0, 0.1) is 0 Å². The van der Waals surface area contributed by atoms with Crippen LogP contribution in [0.3, 0.4) is 0 Å². The Morgan fingerprint density at radius 3 is 2.59 bits per heavy atom. The number of amides is 1. The van der Waals surface area contributed by atoms with Crippen LogP contribution in [0.5, 0.6) is 0 Å². The molecule has 0 radical (unpaired) electrons. The third kappa shape index (κ3) is 1.90. The number of carbonyl (C=O) groups excluding carboxylic acids is 1. The molecule has 0 aliphatic carbocycles. The van der Waals surface area contributed by atoms with E-state index in [4.69, 9.17) is 0 Å². The van der Waals surface area contributed by atoms with Crippen LogP contribution in [0.2, 0.25) is 0 Å². The molecule has 1 amide bonds. The summed E-state index contributed by atoms with van der Waals surface area (Å²) in [5.41, 5.74) is 0.779. The second kappa shape index (κ2) is 4.83. The lowest BCUT2D eigenvalue weighted by molar-refractivity contribution is 0.0766. The zero-order valence-electron chi connectivity index (χ0n) is 12.6. The number of anilines is 1. The highest BCUT2D eigenvalue weighted by Crippen LogP contribution is 2.41. The molecule has 2 aliphatic heterocycles. The van der Waals surface area contributed by atoms with Gasteiger partial charge in [0.2, 0.25) is 5.95 Å². The van der Waals surface area contributed by atoms with Gasteiger partial charge in [0.15, 0.2) is 0 Å². The Hall–Kier alpha value is -2.37. The topological polar surface area (TPSA) is 54.3 Å². The summed E-state index contributed by atoms with van der Waals surface area (Å²) in [5, 5.41) is 0. The number of aromatic nitrogens is 3. The largest absolute Gasteiger partial charge is 0.347 e. The van der Waals surface area contributed by atoms with Crippen LogP contribution >= 0.6 is 0 Å². The average Bonchev–Trinajstić information content (AvgIpc) is 3.14. The minimum absolute atomic E-state index is 0.0299. The summed E-state index contributed by atoms with van der Waals surface area (Å²) in [6.45, 7) is 2.53. The summed E-state index contributed by atoms with van der Waals surface area (Å²) in [6.07, 6.45) is 7.54. The molecule has 2 aromatic heterocycles. The van der Waals surface area contributed by atoms with Crippen molar-refractivity contribution in [3.8, 4) is 0 Å². The number of likely N-dealkylation sites (tertiary alicyclic amines) is 1. The Morgan fingerprint density at radius 2 is 1.95 bits per heavy atom. The molecule has 2 fully saturated rings. The van der Waals surface area contributed by atoms with Gasteiger partial charge in [-0.05, 0) is 31.0 Å². The smallest absolute Gasteiger partial charge is 0.270 e. The van der Waals surface area contributed by atoms with Gasteiger partial charge >= 0.3 is 0 Å². The zero-order valence-corrected chi connectivity index (χ0v) is 12.6. The lowest BCUT2D eigenvalue weighted by atomic mass is 9.84. The van der Waals surface area contributed by atoms with Crippen LogP contribution in [-0.4, -0.2) is 50.5 Å². The number of nitrogens with zero attached hydrogens (tertiary/aromatic N) is 5. The average molecular weight is 297 g/mol. The van der Waals surface area contributed by atoms with Crippen molar-refractivity contribution in [3.05, 3.63) is 42.5 Å². The molecular formula is C16H19N5O. The summed E-state index contributed by atoms with van der Waals surface area (Å²) in [5.74, 6) is 0.895. The Kier molecular flexibility index (Phi) is 2.92. The molecule has 1 spiro atoms. The van der Waals surface area contributed by atoms with Crippen LogP contribution in [0.15, 0.2) is 36.8 Å². The molecular weight excluding hydrogens is 278 g/mol. The molecule has 4 rings (SSSR count). The van der Waals surface area contributed by atoms with E-state index >= 15 is 0 Å². The normalized spacial score (nSPS) is 23.9. The highest BCUT2D eigenvalue weighted by Gasteiger charge is 2.51. The maximum Gasteiger partial charge on any atom is 0.270 e. The maximum atomic E-state index is 12.7. The van der Waals surface area contributed by atoms with E-state index in [0.29, 0.717) is 0 Å². The SMILES string of the molecule is Cn1cccc1C(=O)N1CCC2(CCN2c2ncccn2)C1. The van der Waals surface area contributed by atoms with Crippen LogP contribution in [-0.2, 0) is 7.05 Å². The number of aryl methyl sites for hydroxylation is 1. The van der Waals surface area contributed by atoms with Crippen molar-refractivity contribution in [3.63, 3.8) is 0 Å². The van der Waals surface area contributed by atoms with E-state index in [2.05, 4.69) is 14.9 Å². The summed E-state index contributed by atoms with van der Waals surface area (Å²) < 4.78 is 1.88. The van der Waals surface area contributed by atoms with Gasteiger partial charge in [0.05, 0.1) is 5.54 Å². The quantitative estimate of drug-likeness (QED) is 0.838. The number of carbonyl (C=O) groups is 1. The molecule has 22 heavy (non-hydrogen) atoms. The number of rotatable bonds is 2. The number of hydrogen-bond donors (Lipinski definition) is 0. The van der Waals surface area contributed by atoms with Crippen molar-refractivity contribution in [2.45, 2.75) is 18.4 Å². The highest BCUT2D eigenvalue weighted by molar-refractivity contribution is 5.93. The summed E-state index contributed by atoms with van der Waals surface area (Å²) in [6, 6.07) is 5.62. The molecule has 6 heteroatoms. The van der Waals surface area contributed by atoms with Crippen molar-refractivity contribution in [1.29, 1.82) is 0 Å². The van der Waals surface area contributed by atoms with E-state index in [9.17, 15) is 4.79 Å². The molecule has 2 saturated heterocycles. The molecule has 114 valence electrons. The van der Waals surface area contributed by atoms with Crippen molar-refractivity contribution < 1.29 is 4.79 Å². The lowest BCUT2D eigenvalue weighted by Crippen LogP contribution is -2.62. The van der Waals surface area contributed by atoms with Gasteiger partial charge in [-0.3, -0.25) is 4.79 Å². The van der Waals surface area contributed by atoms with Gasteiger partial charge in [0.25, 0.3) is 5.91 Å². The van der Waals surface area contributed by atoms with Gasteiger partial charge in [-0.25, -0.2) is 9.97 Å². The van der Waals surface area contributed by atoms with Gasteiger partial charge in [-0.2, -0.15) is 0 Å². The molecule has 0 bridgehead atoms. The van der Waals surface area contributed by atoms with E-state index in [1.807, 2.05) is 40.9 Å². The molecule has 0 aromatic carbocycles. The van der Waals surface area contributed by atoms with Crippen molar-refractivity contribution in [1.82, 2.24) is 19.4 Å². The minimum Gasteiger partial charge on any atom is -0.347 e. The van der Waals surface area contributed by atoms with Crippen molar-refractivity contribution in [2.24, 2.45) is 7.05 Å².